The van der Waals surface area contributed by atoms with E-state index in [0.717, 1.165) is 17.7 Å². The molecule has 0 bridgehead atoms. The van der Waals surface area contributed by atoms with Gasteiger partial charge < -0.3 is 14.2 Å². The lowest BCUT2D eigenvalue weighted by atomic mass is 9.93. The predicted molar refractivity (Wildman–Crippen MR) is 89.9 cm³/mol. The molecule has 1 atom stereocenters. The van der Waals surface area contributed by atoms with Crippen molar-refractivity contribution in [2.45, 2.75) is 32.8 Å². The van der Waals surface area contributed by atoms with E-state index in [2.05, 4.69) is 6.07 Å². The van der Waals surface area contributed by atoms with Crippen LogP contribution in [0.5, 0.6) is 0 Å². The van der Waals surface area contributed by atoms with Crippen LogP contribution in [0, 0.1) is 5.92 Å². The molecule has 2 rings (SSSR count). The molecule has 5 nitrogen and oxygen atoms in total. The third-order valence-corrected chi connectivity index (χ3v) is 3.63. The van der Waals surface area contributed by atoms with Crippen LogP contribution in [-0.4, -0.2) is 45.2 Å². The molecule has 0 radical (unpaired) electrons. The molecule has 0 N–H and O–H groups in total. The van der Waals surface area contributed by atoms with E-state index in [1.54, 1.807) is 12.0 Å². The number of nitrogens with zero attached hydrogens (tertiary/aromatic N) is 1. The number of benzene rings is 1. The summed E-state index contributed by atoms with van der Waals surface area (Å²) < 4.78 is 16.2. The smallest absolute Gasteiger partial charge is 0.414 e. The van der Waals surface area contributed by atoms with Crippen LogP contribution in [0.1, 0.15) is 26.3 Å². The van der Waals surface area contributed by atoms with Gasteiger partial charge in [0, 0.05) is 19.6 Å². The van der Waals surface area contributed by atoms with Crippen LogP contribution in [0.2, 0.25) is 0 Å². The Morgan fingerprint density at radius 1 is 1.26 bits per heavy atom. The molecule has 1 aliphatic rings. The van der Waals surface area contributed by atoms with Gasteiger partial charge in [0.25, 0.3) is 0 Å². The number of fused-ring (bicyclic) bond motifs is 1. The summed E-state index contributed by atoms with van der Waals surface area (Å²) in [5, 5.41) is 0. The number of anilines is 1. The van der Waals surface area contributed by atoms with Crippen molar-refractivity contribution in [1.82, 2.24) is 0 Å². The standard InChI is InChI=1S/C18H27NO4/c1-18(2,3)23-17(20)19-12-14(13-22-10-9-21-4)11-15-7-5-6-8-16(15)19/h5-8,14H,9-13H2,1-4H3. The van der Waals surface area contributed by atoms with Gasteiger partial charge in [-0.05, 0) is 38.8 Å². The summed E-state index contributed by atoms with van der Waals surface area (Å²) in [4.78, 5) is 14.3. The van der Waals surface area contributed by atoms with Gasteiger partial charge in [-0.2, -0.15) is 0 Å². The molecule has 128 valence electrons. The minimum Gasteiger partial charge on any atom is -0.443 e. The second-order valence-electron chi connectivity index (χ2n) is 6.86. The summed E-state index contributed by atoms with van der Waals surface area (Å²) in [7, 11) is 1.66. The van der Waals surface area contributed by atoms with Gasteiger partial charge in [0.15, 0.2) is 0 Å². The Balaban J connectivity index is 2.08. The van der Waals surface area contributed by atoms with Crippen molar-refractivity contribution < 1.29 is 19.0 Å². The molecule has 1 aromatic carbocycles. The van der Waals surface area contributed by atoms with Gasteiger partial charge in [-0.25, -0.2) is 4.79 Å². The average molecular weight is 321 g/mol. The summed E-state index contributed by atoms with van der Waals surface area (Å²) in [6.07, 6.45) is 0.606. The Morgan fingerprint density at radius 2 is 2.00 bits per heavy atom. The highest BCUT2D eigenvalue weighted by atomic mass is 16.6. The van der Waals surface area contributed by atoms with Crippen molar-refractivity contribution in [3.05, 3.63) is 29.8 Å². The monoisotopic (exact) mass is 321 g/mol. The van der Waals surface area contributed by atoms with Gasteiger partial charge in [0.05, 0.1) is 25.5 Å². The van der Waals surface area contributed by atoms with Gasteiger partial charge in [0.1, 0.15) is 5.60 Å². The average Bonchev–Trinajstić information content (AvgIpc) is 2.49. The third kappa shape index (κ3) is 5.22. The van der Waals surface area contributed by atoms with E-state index in [9.17, 15) is 4.79 Å². The maximum Gasteiger partial charge on any atom is 0.414 e. The van der Waals surface area contributed by atoms with E-state index in [4.69, 9.17) is 14.2 Å². The second-order valence-corrected chi connectivity index (χ2v) is 6.86. The number of rotatable bonds is 5. The Hall–Kier alpha value is -1.59. The summed E-state index contributed by atoms with van der Waals surface area (Å²) in [6, 6.07) is 7.99. The molecule has 1 aliphatic heterocycles. The molecule has 0 aliphatic carbocycles. The number of hydrogen-bond donors (Lipinski definition) is 0. The lowest BCUT2D eigenvalue weighted by Gasteiger charge is -2.35. The summed E-state index contributed by atoms with van der Waals surface area (Å²) >= 11 is 0. The quantitative estimate of drug-likeness (QED) is 0.781. The Kier molecular flexibility index (Phi) is 6.02. The number of ether oxygens (including phenoxy) is 3. The van der Waals surface area contributed by atoms with E-state index >= 15 is 0 Å². The normalized spacial score (nSPS) is 17.7. The van der Waals surface area contributed by atoms with E-state index < -0.39 is 5.60 Å². The molecule has 1 unspecified atom stereocenters. The number of amides is 1. The number of carbonyl (C=O) groups is 1. The van der Waals surface area contributed by atoms with E-state index in [-0.39, 0.29) is 12.0 Å². The molecule has 1 heterocycles. The minimum atomic E-state index is -0.506. The zero-order valence-corrected chi connectivity index (χ0v) is 14.5. The van der Waals surface area contributed by atoms with Gasteiger partial charge in [-0.15, -0.1) is 0 Å². The van der Waals surface area contributed by atoms with E-state index in [1.165, 1.54) is 0 Å². The zero-order chi connectivity index (χ0) is 16.9. The van der Waals surface area contributed by atoms with E-state index in [1.807, 2.05) is 39.0 Å². The van der Waals surface area contributed by atoms with Crippen LogP contribution in [0.25, 0.3) is 0 Å². The molecule has 5 heteroatoms. The molecular formula is C18H27NO4. The molecule has 23 heavy (non-hydrogen) atoms. The summed E-state index contributed by atoms with van der Waals surface area (Å²) in [5.74, 6) is 0.259. The van der Waals surface area contributed by atoms with Crippen molar-refractivity contribution >= 4 is 11.8 Å². The maximum atomic E-state index is 12.5. The highest BCUT2D eigenvalue weighted by molar-refractivity contribution is 5.89. The van der Waals surface area contributed by atoms with Crippen LogP contribution < -0.4 is 4.90 Å². The lowest BCUT2D eigenvalue weighted by molar-refractivity contribution is 0.0455. The van der Waals surface area contributed by atoms with Crippen LogP contribution in [0.15, 0.2) is 24.3 Å². The van der Waals surface area contributed by atoms with Crippen LogP contribution >= 0.6 is 0 Å². The van der Waals surface area contributed by atoms with Gasteiger partial charge in [-0.1, -0.05) is 18.2 Å². The molecule has 0 aromatic heterocycles. The topological polar surface area (TPSA) is 48.0 Å². The fourth-order valence-electron chi connectivity index (χ4n) is 2.67. The van der Waals surface area contributed by atoms with Gasteiger partial charge in [0.2, 0.25) is 0 Å². The summed E-state index contributed by atoms with van der Waals surface area (Å²) in [5.41, 5.74) is 1.59. The summed E-state index contributed by atoms with van der Waals surface area (Å²) in [6.45, 7) is 8.01. The third-order valence-electron chi connectivity index (χ3n) is 3.63. The number of methoxy groups -OCH3 is 1. The number of hydrogen-bond acceptors (Lipinski definition) is 4. The van der Waals surface area contributed by atoms with Gasteiger partial charge >= 0.3 is 6.09 Å². The molecule has 0 saturated carbocycles. The molecular weight excluding hydrogens is 294 g/mol. The molecule has 1 amide bonds. The molecule has 1 aromatic rings. The minimum absolute atomic E-state index is 0.259. The zero-order valence-electron chi connectivity index (χ0n) is 14.5. The van der Waals surface area contributed by atoms with E-state index in [0.29, 0.717) is 26.4 Å². The number of carbonyl (C=O) groups excluding carboxylic acids is 1. The second kappa shape index (κ2) is 7.79. The number of para-hydroxylation sites is 1. The van der Waals surface area contributed by atoms with Crippen molar-refractivity contribution in [2.24, 2.45) is 5.92 Å². The Labute approximate surface area is 138 Å². The van der Waals surface area contributed by atoms with Crippen molar-refractivity contribution in [2.75, 3.05) is 38.4 Å². The maximum absolute atomic E-state index is 12.5. The fourth-order valence-corrected chi connectivity index (χ4v) is 2.67. The molecule has 0 saturated heterocycles. The first-order valence-electron chi connectivity index (χ1n) is 8.06. The van der Waals surface area contributed by atoms with Crippen LogP contribution in [0.3, 0.4) is 0 Å². The van der Waals surface area contributed by atoms with Gasteiger partial charge in [-0.3, -0.25) is 4.90 Å². The SMILES string of the molecule is COCCOCC1Cc2ccccc2N(C(=O)OC(C)(C)C)C1. The predicted octanol–water partition coefficient (Wildman–Crippen LogP) is 3.26. The fraction of sp³-hybridized carbons (Fsp3) is 0.611. The van der Waals surface area contributed by atoms with Crippen molar-refractivity contribution in [3.8, 4) is 0 Å². The first kappa shape index (κ1) is 17.8. The first-order valence-corrected chi connectivity index (χ1v) is 8.06. The molecule has 0 fully saturated rings. The van der Waals surface area contributed by atoms with Crippen LogP contribution in [0.4, 0.5) is 10.5 Å². The van der Waals surface area contributed by atoms with Crippen LogP contribution in [-0.2, 0) is 20.6 Å². The van der Waals surface area contributed by atoms with Crippen molar-refractivity contribution in [1.29, 1.82) is 0 Å². The highest BCUT2D eigenvalue weighted by Gasteiger charge is 2.31. The first-order chi connectivity index (χ1) is 10.9. The Morgan fingerprint density at radius 3 is 2.70 bits per heavy atom. The largest absolute Gasteiger partial charge is 0.443 e. The lowest BCUT2D eigenvalue weighted by Crippen LogP contribution is -2.44. The van der Waals surface area contributed by atoms with Crippen molar-refractivity contribution in [3.63, 3.8) is 0 Å². The Bertz CT molecular complexity index is 524. The molecule has 0 spiro atoms. The highest BCUT2D eigenvalue weighted by Crippen LogP contribution is 2.31.